The van der Waals surface area contributed by atoms with Crippen molar-refractivity contribution in [3.8, 4) is 5.75 Å². The van der Waals surface area contributed by atoms with Gasteiger partial charge in [0.15, 0.2) is 0 Å². The predicted molar refractivity (Wildman–Crippen MR) is 89.3 cm³/mol. The van der Waals surface area contributed by atoms with Crippen molar-refractivity contribution in [3.63, 3.8) is 0 Å². The van der Waals surface area contributed by atoms with Crippen molar-refractivity contribution in [2.45, 2.75) is 31.8 Å². The second-order valence-electron chi connectivity index (χ2n) is 5.44. The zero-order valence-corrected chi connectivity index (χ0v) is 13.2. The van der Waals surface area contributed by atoms with Gasteiger partial charge in [-0.25, -0.2) is 0 Å². The average Bonchev–Trinajstić information content (AvgIpc) is 2.53. The SMILES string of the molecule is COc1ccc2c(c1)C[C@H](NCc1ccccc1)CC2.Cl. The van der Waals surface area contributed by atoms with Gasteiger partial charge in [0, 0.05) is 12.6 Å². The lowest BCUT2D eigenvalue weighted by atomic mass is 9.88. The van der Waals surface area contributed by atoms with Crippen LogP contribution in [0.1, 0.15) is 23.1 Å². The molecule has 0 aliphatic heterocycles. The Bertz CT molecular complexity index is 571. The highest BCUT2D eigenvalue weighted by molar-refractivity contribution is 5.85. The van der Waals surface area contributed by atoms with E-state index in [-0.39, 0.29) is 12.4 Å². The lowest BCUT2D eigenvalue weighted by Gasteiger charge is -2.26. The van der Waals surface area contributed by atoms with Gasteiger partial charge in [-0.3, -0.25) is 0 Å². The lowest BCUT2D eigenvalue weighted by molar-refractivity contribution is 0.411. The third-order valence-corrected chi connectivity index (χ3v) is 4.08. The van der Waals surface area contributed by atoms with Crippen LogP contribution in [0.25, 0.3) is 0 Å². The molecule has 112 valence electrons. The number of benzene rings is 2. The van der Waals surface area contributed by atoms with Gasteiger partial charge in [0.05, 0.1) is 7.11 Å². The van der Waals surface area contributed by atoms with Crippen LogP contribution < -0.4 is 10.1 Å². The van der Waals surface area contributed by atoms with E-state index in [9.17, 15) is 0 Å². The Labute approximate surface area is 132 Å². The molecule has 0 amide bonds. The van der Waals surface area contributed by atoms with Gasteiger partial charge in [0.2, 0.25) is 0 Å². The molecule has 0 saturated carbocycles. The van der Waals surface area contributed by atoms with Crippen LogP contribution in [-0.4, -0.2) is 13.2 Å². The van der Waals surface area contributed by atoms with Gasteiger partial charge < -0.3 is 10.1 Å². The van der Waals surface area contributed by atoms with Crippen molar-refractivity contribution in [1.82, 2.24) is 5.32 Å². The number of methoxy groups -OCH3 is 1. The van der Waals surface area contributed by atoms with Gasteiger partial charge in [-0.2, -0.15) is 0 Å². The minimum Gasteiger partial charge on any atom is -0.497 e. The third kappa shape index (κ3) is 3.99. The molecule has 1 atom stereocenters. The van der Waals surface area contributed by atoms with Gasteiger partial charge in [-0.1, -0.05) is 36.4 Å². The molecule has 1 aliphatic rings. The highest BCUT2D eigenvalue weighted by atomic mass is 35.5. The largest absolute Gasteiger partial charge is 0.497 e. The Morgan fingerprint density at radius 3 is 2.67 bits per heavy atom. The Morgan fingerprint density at radius 1 is 1.10 bits per heavy atom. The van der Waals surface area contributed by atoms with E-state index in [1.165, 1.54) is 23.1 Å². The molecule has 0 fully saturated rings. The Morgan fingerprint density at radius 2 is 1.90 bits per heavy atom. The first-order chi connectivity index (χ1) is 9.85. The smallest absolute Gasteiger partial charge is 0.119 e. The van der Waals surface area contributed by atoms with Crippen LogP contribution >= 0.6 is 12.4 Å². The number of ether oxygens (including phenoxy) is 1. The van der Waals surface area contributed by atoms with Crippen molar-refractivity contribution < 1.29 is 4.74 Å². The Hall–Kier alpha value is -1.51. The molecular formula is C18H22ClNO. The quantitative estimate of drug-likeness (QED) is 0.928. The average molecular weight is 304 g/mol. The number of hydrogen-bond acceptors (Lipinski definition) is 2. The van der Waals surface area contributed by atoms with Gasteiger partial charge >= 0.3 is 0 Å². The number of nitrogens with one attached hydrogen (secondary N) is 1. The summed E-state index contributed by atoms with van der Waals surface area (Å²) in [6, 6.07) is 17.6. The highest BCUT2D eigenvalue weighted by Gasteiger charge is 2.18. The lowest BCUT2D eigenvalue weighted by Crippen LogP contribution is -2.34. The molecule has 1 aliphatic carbocycles. The number of fused-ring (bicyclic) bond motifs is 1. The van der Waals surface area contributed by atoms with Gasteiger partial charge in [-0.05, 0) is 48.1 Å². The van der Waals surface area contributed by atoms with E-state index in [1.54, 1.807) is 7.11 Å². The fourth-order valence-electron chi connectivity index (χ4n) is 2.89. The van der Waals surface area contributed by atoms with E-state index in [4.69, 9.17) is 4.74 Å². The number of aryl methyl sites for hydroxylation is 1. The summed E-state index contributed by atoms with van der Waals surface area (Å²) in [7, 11) is 1.73. The molecule has 0 spiro atoms. The Balaban J connectivity index is 0.00000161. The van der Waals surface area contributed by atoms with Crippen LogP contribution in [0.3, 0.4) is 0 Å². The highest BCUT2D eigenvalue weighted by Crippen LogP contribution is 2.25. The zero-order valence-electron chi connectivity index (χ0n) is 12.3. The van der Waals surface area contributed by atoms with E-state index >= 15 is 0 Å². The molecular weight excluding hydrogens is 282 g/mol. The Kier molecular flexibility index (Phi) is 5.66. The molecule has 3 rings (SSSR count). The molecule has 2 aromatic carbocycles. The standard InChI is InChI=1S/C18H21NO.ClH/c1-20-18-10-8-15-7-9-17(11-16(15)12-18)19-13-14-5-3-2-4-6-14;/h2-6,8,10,12,17,19H,7,9,11,13H2,1H3;1H/t17-;/m1./s1. The molecule has 2 nitrogen and oxygen atoms in total. The molecule has 2 aromatic rings. The fourth-order valence-corrected chi connectivity index (χ4v) is 2.89. The van der Waals surface area contributed by atoms with Gasteiger partial charge in [-0.15, -0.1) is 12.4 Å². The molecule has 0 saturated heterocycles. The predicted octanol–water partition coefficient (Wildman–Crippen LogP) is 3.76. The maximum atomic E-state index is 5.32. The normalized spacial score (nSPS) is 16.7. The molecule has 3 heteroatoms. The summed E-state index contributed by atoms with van der Waals surface area (Å²) < 4.78 is 5.32. The second-order valence-corrected chi connectivity index (χ2v) is 5.44. The minimum atomic E-state index is 0. The van der Waals surface area contributed by atoms with Crippen LogP contribution in [0.5, 0.6) is 5.75 Å². The van der Waals surface area contributed by atoms with Crippen LogP contribution in [0, 0.1) is 0 Å². The first-order valence-corrected chi connectivity index (χ1v) is 7.28. The molecule has 0 bridgehead atoms. The molecule has 0 heterocycles. The van der Waals surface area contributed by atoms with Gasteiger partial charge in [0.1, 0.15) is 5.75 Å². The number of rotatable bonds is 4. The molecule has 21 heavy (non-hydrogen) atoms. The minimum absolute atomic E-state index is 0. The monoisotopic (exact) mass is 303 g/mol. The van der Waals surface area contributed by atoms with E-state index in [1.807, 2.05) is 0 Å². The molecule has 1 N–H and O–H groups in total. The fraction of sp³-hybridized carbons (Fsp3) is 0.333. The molecule has 0 radical (unpaired) electrons. The van der Waals surface area contributed by atoms with Crippen LogP contribution in [-0.2, 0) is 19.4 Å². The van der Waals surface area contributed by atoms with Crippen molar-refractivity contribution in [3.05, 3.63) is 65.2 Å². The summed E-state index contributed by atoms with van der Waals surface area (Å²) in [5.41, 5.74) is 4.26. The van der Waals surface area contributed by atoms with Crippen molar-refractivity contribution in [1.29, 1.82) is 0 Å². The van der Waals surface area contributed by atoms with Crippen LogP contribution in [0.4, 0.5) is 0 Å². The summed E-state index contributed by atoms with van der Waals surface area (Å²) in [6.07, 6.45) is 3.47. The van der Waals surface area contributed by atoms with E-state index in [0.29, 0.717) is 6.04 Å². The first kappa shape index (κ1) is 15.9. The topological polar surface area (TPSA) is 21.3 Å². The summed E-state index contributed by atoms with van der Waals surface area (Å²) >= 11 is 0. The summed E-state index contributed by atoms with van der Waals surface area (Å²) in [6.45, 7) is 0.949. The van der Waals surface area contributed by atoms with E-state index < -0.39 is 0 Å². The van der Waals surface area contributed by atoms with E-state index in [2.05, 4.69) is 53.8 Å². The molecule has 0 aromatic heterocycles. The zero-order chi connectivity index (χ0) is 13.8. The second kappa shape index (κ2) is 7.48. The summed E-state index contributed by atoms with van der Waals surface area (Å²) in [4.78, 5) is 0. The summed E-state index contributed by atoms with van der Waals surface area (Å²) in [5, 5.41) is 3.68. The van der Waals surface area contributed by atoms with Crippen molar-refractivity contribution in [2.24, 2.45) is 0 Å². The van der Waals surface area contributed by atoms with Gasteiger partial charge in [0.25, 0.3) is 0 Å². The number of halogens is 1. The van der Waals surface area contributed by atoms with Crippen LogP contribution in [0.15, 0.2) is 48.5 Å². The van der Waals surface area contributed by atoms with Crippen molar-refractivity contribution in [2.75, 3.05) is 7.11 Å². The van der Waals surface area contributed by atoms with Crippen molar-refractivity contribution >= 4 is 12.4 Å². The number of hydrogen-bond donors (Lipinski definition) is 1. The maximum absolute atomic E-state index is 5.32. The first-order valence-electron chi connectivity index (χ1n) is 7.28. The van der Waals surface area contributed by atoms with Crippen LogP contribution in [0.2, 0.25) is 0 Å². The van der Waals surface area contributed by atoms with E-state index in [0.717, 1.165) is 25.1 Å². The molecule has 0 unspecified atom stereocenters. The maximum Gasteiger partial charge on any atom is 0.119 e. The summed E-state index contributed by atoms with van der Waals surface area (Å²) in [5.74, 6) is 0.965. The third-order valence-electron chi connectivity index (χ3n) is 4.08.